The molecule has 1 aromatic heterocycles. The van der Waals surface area contributed by atoms with Crippen LogP contribution in [-0.2, 0) is 0 Å². The van der Waals surface area contributed by atoms with E-state index in [4.69, 9.17) is 5.73 Å². The second kappa shape index (κ2) is 4.94. The lowest BCUT2D eigenvalue weighted by atomic mass is 10.0. The molecule has 0 unspecified atom stereocenters. The topological polar surface area (TPSA) is 63.3 Å². The Kier molecular flexibility index (Phi) is 3.52. The molecule has 96 valence electrons. The summed E-state index contributed by atoms with van der Waals surface area (Å²) in [6, 6.07) is 5.98. The van der Waals surface area contributed by atoms with E-state index in [1.165, 1.54) is 0 Å². The number of aliphatic imine (C=N–C) groups is 1. The van der Waals surface area contributed by atoms with E-state index in [0.717, 1.165) is 22.3 Å². The quantitative estimate of drug-likeness (QED) is 0.659. The first-order chi connectivity index (χ1) is 8.50. The lowest BCUT2D eigenvalue weighted by Crippen LogP contribution is -2.28. The van der Waals surface area contributed by atoms with Crippen molar-refractivity contribution in [3.63, 3.8) is 0 Å². The van der Waals surface area contributed by atoms with Crippen LogP contribution in [0.3, 0.4) is 0 Å². The number of nitrogens with one attached hydrogen (secondary N) is 1. The van der Waals surface area contributed by atoms with Gasteiger partial charge in [0.05, 0.1) is 21.3 Å². The van der Waals surface area contributed by atoms with Crippen LogP contribution in [0.4, 0.5) is 5.69 Å². The first kappa shape index (κ1) is 12.8. The van der Waals surface area contributed by atoms with Crippen molar-refractivity contribution >= 4 is 33.2 Å². The number of thiazole rings is 1. The third-order valence-electron chi connectivity index (χ3n) is 2.89. The minimum Gasteiger partial charge on any atom is -0.370 e. The van der Waals surface area contributed by atoms with Gasteiger partial charge >= 0.3 is 0 Å². The molecule has 5 heteroatoms. The van der Waals surface area contributed by atoms with Gasteiger partial charge in [-0.1, -0.05) is 6.92 Å². The largest absolute Gasteiger partial charge is 0.370 e. The van der Waals surface area contributed by atoms with Gasteiger partial charge in [0, 0.05) is 5.69 Å². The zero-order valence-electron chi connectivity index (χ0n) is 10.9. The molecule has 0 saturated heterocycles. The Bertz CT molecular complexity index is 571. The van der Waals surface area contributed by atoms with Crippen molar-refractivity contribution < 1.29 is 0 Å². The minimum atomic E-state index is -0.133. The second-order valence-corrected chi connectivity index (χ2v) is 5.71. The zero-order valence-corrected chi connectivity index (χ0v) is 11.7. The summed E-state index contributed by atoms with van der Waals surface area (Å²) in [5.41, 5.74) is 9.57. The summed E-state index contributed by atoms with van der Waals surface area (Å²) >= 11 is 1.61. The summed E-state index contributed by atoms with van der Waals surface area (Å²) < 4.78 is 1.14. The normalized spacial score (nSPS) is 12.9. The standard InChI is InChI=1S/C13H18N4S/c1-4-13(2,3)17-12(14)16-9-5-6-10-11(7-9)18-8-15-10/h5-8H,4H2,1-3H3,(H3,14,16,17). The average Bonchev–Trinajstić information content (AvgIpc) is 2.75. The Morgan fingerprint density at radius 2 is 2.28 bits per heavy atom. The summed E-state index contributed by atoms with van der Waals surface area (Å²) in [5, 5.41) is 3.12. The molecular weight excluding hydrogens is 244 g/mol. The molecule has 18 heavy (non-hydrogen) atoms. The van der Waals surface area contributed by atoms with Gasteiger partial charge in [-0.25, -0.2) is 9.98 Å². The summed E-state index contributed by atoms with van der Waals surface area (Å²) in [5.74, 6) is 0.450. The highest BCUT2D eigenvalue weighted by atomic mass is 32.1. The monoisotopic (exact) mass is 262 g/mol. The number of benzene rings is 1. The maximum atomic E-state index is 5.91. The van der Waals surface area contributed by atoms with E-state index >= 15 is 0 Å². The zero-order chi connectivity index (χ0) is 13.2. The van der Waals surface area contributed by atoms with Crippen LogP contribution in [0.25, 0.3) is 10.2 Å². The van der Waals surface area contributed by atoms with Crippen LogP contribution in [0.2, 0.25) is 0 Å². The van der Waals surface area contributed by atoms with Crippen molar-refractivity contribution in [3.8, 4) is 0 Å². The van der Waals surface area contributed by atoms with Crippen LogP contribution < -0.4 is 11.1 Å². The van der Waals surface area contributed by atoms with E-state index in [1.54, 1.807) is 11.3 Å². The molecule has 4 nitrogen and oxygen atoms in total. The molecule has 2 aromatic rings. The molecule has 0 aliphatic carbocycles. The maximum absolute atomic E-state index is 5.91. The molecule has 2 rings (SSSR count). The maximum Gasteiger partial charge on any atom is 0.193 e. The predicted molar refractivity (Wildman–Crippen MR) is 79.2 cm³/mol. The number of hydrogen-bond acceptors (Lipinski definition) is 3. The first-order valence-electron chi connectivity index (χ1n) is 5.96. The van der Waals surface area contributed by atoms with E-state index in [1.807, 2.05) is 23.7 Å². The van der Waals surface area contributed by atoms with Crippen LogP contribution in [0.5, 0.6) is 0 Å². The molecule has 0 aliphatic heterocycles. The Morgan fingerprint density at radius 1 is 1.50 bits per heavy atom. The van der Waals surface area contributed by atoms with Gasteiger partial charge in [-0.2, -0.15) is 0 Å². The summed E-state index contributed by atoms with van der Waals surface area (Å²) in [7, 11) is 0. The molecule has 0 radical (unpaired) electrons. The van der Waals surface area contributed by atoms with Gasteiger partial charge < -0.3 is 11.1 Å². The number of nitrogens with zero attached hydrogens (tertiary/aromatic N) is 2. The molecule has 0 amide bonds. The molecule has 0 saturated carbocycles. The highest BCUT2D eigenvalue weighted by Gasteiger charge is 2.13. The van der Waals surface area contributed by atoms with Crippen molar-refractivity contribution in [2.75, 3.05) is 5.32 Å². The number of nitrogens with two attached hydrogens (primary N) is 1. The van der Waals surface area contributed by atoms with Crippen molar-refractivity contribution in [3.05, 3.63) is 23.7 Å². The number of rotatable bonds is 3. The average molecular weight is 262 g/mol. The van der Waals surface area contributed by atoms with Gasteiger partial charge in [0.2, 0.25) is 0 Å². The molecule has 0 fully saturated rings. The Morgan fingerprint density at radius 3 is 3.00 bits per heavy atom. The third-order valence-corrected chi connectivity index (χ3v) is 3.68. The second-order valence-electron chi connectivity index (χ2n) is 4.82. The Hall–Kier alpha value is -1.62. The van der Waals surface area contributed by atoms with Crippen molar-refractivity contribution in [1.82, 2.24) is 4.98 Å². The fraction of sp³-hybridized carbons (Fsp3) is 0.385. The van der Waals surface area contributed by atoms with Crippen LogP contribution in [0.15, 0.2) is 28.7 Å². The number of hydrogen-bond donors (Lipinski definition) is 2. The molecular formula is C13H18N4S. The van der Waals surface area contributed by atoms with Crippen molar-refractivity contribution in [2.24, 2.45) is 10.7 Å². The van der Waals surface area contributed by atoms with Gasteiger partial charge in [-0.05, 0) is 38.5 Å². The molecule has 1 aromatic carbocycles. The Labute approximate surface area is 111 Å². The lowest BCUT2D eigenvalue weighted by molar-refractivity contribution is 0.504. The fourth-order valence-corrected chi connectivity index (χ4v) is 2.23. The van der Waals surface area contributed by atoms with Gasteiger partial charge in [-0.15, -0.1) is 11.3 Å². The number of aromatic nitrogens is 1. The van der Waals surface area contributed by atoms with E-state index in [9.17, 15) is 0 Å². The lowest BCUT2D eigenvalue weighted by Gasteiger charge is -2.18. The summed E-state index contributed by atoms with van der Waals surface area (Å²) in [6.45, 7) is 6.22. The molecule has 0 aliphatic rings. The van der Waals surface area contributed by atoms with Crippen LogP contribution in [0.1, 0.15) is 27.2 Å². The highest BCUT2D eigenvalue weighted by Crippen LogP contribution is 2.22. The van der Waals surface area contributed by atoms with Gasteiger partial charge in [0.1, 0.15) is 0 Å². The van der Waals surface area contributed by atoms with Crippen molar-refractivity contribution in [2.45, 2.75) is 32.7 Å². The molecule has 0 atom stereocenters. The van der Waals surface area contributed by atoms with E-state index in [2.05, 4.69) is 36.1 Å². The fourth-order valence-electron chi connectivity index (χ4n) is 1.51. The molecule has 0 spiro atoms. The number of guanidine groups is 1. The number of anilines is 1. The van der Waals surface area contributed by atoms with Crippen LogP contribution in [0, 0.1) is 0 Å². The number of fused-ring (bicyclic) bond motifs is 1. The summed E-state index contributed by atoms with van der Waals surface area (Å²) in [6.07, 6.45) is 0.948. The summed E-state index contributed by atoms with van der Waals surface area (Å²) in [4.78, 5) is 8.70. The third kappa shape index (κ3) is 2.98. The first-order valence-corrected chi connectivity index (χ1v) is 6.84. The highest BCUT2D eigenvalue weighted by molar-refractivity contribution is 7.16. The van der Waals surface area contributed by atoms with Gasteiger partial charge in [-0.3, -0.25) is 0 Å². The molecule has 0 bridgehead atoms. The van der Waals surface area contributed by atoms with Gasteiger partial charge in [0.25, 0.3) is 0 Å². The van der Waals surface area contributed by atoms with E-state index < -0.39 is 0 Å². The Balaban J connectivity index is 2.18. The molecule has 3 N–H and O–H groups in total. The van der Waals surface area contributed by atoms with Crippen molar-refractivity contribution in [1.29, 1.82) is 0 Å². The van der Waals surface area contributed by atoms with E-state index in [0.29, 0.717) is 5.96 Å². The molecule has 1 heterocycles. The van der Waals surface area contributed by atoms with Gasteiger partial charge in [0.15, 0.2) is 5.96 Å². The predicted octanol–water partition coefficient (Wildman–Crippen LogP) is 3.21. The minimum absolute atomic E-state index is 0.133. The smallest absolute Gasteiger partial charge is 0.193 e. The van der Waals surface area contributed by atoms with E-state index in [-0.39, 0.29) is 5.54 Å². The van der Waals surface area contributed by atoms with Crippen LogP contribution >= 0.6 is 11.3 Å². The van der Waals surface area contributed by atoms with Crippen LogP contribution in [-0.4, -0.2) is 16.5 Å². The SMILES string of the molecule is CCC(C)(C)/N=C(\N)Nc1ccc2ncsc2c1.